The maximum absolute atomic E-state index is 12.3. The molecule has 0 aliphatic rings. The first kappa shape index (κ1) is 18.3. The van der Waals surface area contributed by atoms with Crippen LogP contribution in [0.4, 0.5) is 5.95 Å². The maximum atomic E-state index is 12.3. The van der Waals surface area contributed by atoms with Crippen LogP contribution in [-0.2, 0) is 13.0 Å². The minimum absolute atomic E-state index is 0.251. The average Bonchev–Trinajstić information content (AvgIpc) is 2.73. The molecule has 1 aromatic carbocycles. The van der Waals surface area contributed by atoms with E-state index in [0.717, 1.165) is 17.7 Å². The zero-order valence-electron chi connectivity index (χ0n) is 15.1. The van der Waals surface area contributed by atoms with E-state index in [2.05, 4.69) is 25.6 Å². The van der Waals surface area contributed by atoms with Crippen LogP contribution in [0.3, 0.4) is 0 Å². The number of hydrogen-bond acceptors (Lipinski definition) is 6. The quantitative estimate of drug-likeness (QED) is 0.639. The lowest BCUT2D eigenvalue weighted by atomic mass is 10.1. The summed E-state index contributed by atoms with van der Waals surface area (Å²) < 4.78 is 5.15. The predicted molar refractivity (Wildman–Crippen MR) is 103 cm³/mol. The Kier molecular flexibility index (Phi) is 6.30. The molecular formula is C20H21N5O2. The topological polar surface area (TPSA) is 89.0 Å². The standard InChI is InChI=1S/C20H21N5O2/c1-27-17-6-4-15(5-7-17)8-11-22-20-23-12-9-18(25-20)19(26)24-14-16-3-2-10-21-13-16/h2-7,9-10,12-13H,8,11,14H2,1H3,(H,24,26)(H,22,23,25). The molecule has 0 atom stereocenters. The number of amides is 1. The molecule has 0 fully saturated rings. The van der Waals surface area contributed by atoms with Crippen molar-refractivity contribution in [2.75, 3.05) is 19.0 Å². The maximum Gasteiger partial charge on any atom is 0.270 e. The molecule has 2 heterocycles. The molecule has 27 heavy (non-hydrogen) atoms. The van der Waals surface area contributed by atoms with Crippen LogP contribution in [-0.4, -0.2) is 34.5 Å². The molecular weight excluding hydrogens is 342 g/mol. The van der Waals surface area contributed by atoms with Gasteiger partial charge < -0.3 is 15.4 Å². The Morgan fingerprint density at radius 2 is 1.93 bits per heavy atom. The van der Waals surface area contributed by atoms with Gasteiger partial charge in [-0.1, -0.05) is 18.2 Å². The van der Waals surface area contributed by atoms with E-state index in [9.17, 15) is 4.79 Å². The van der Waals surface area contributed by atoms with E-state index < -0.39 is 0 Å². The first-order valence-electron chi connectivity index (χ1n) is 8.61. The number of methoxy groups -OCH3 is 1. The number of carbonyl (C=O) groups is 1. The Labute approximate surface area is 157 Å². The highest BCUT2D eigenvalue weighted by atomic mass is 16.5. The molecule has 0 saturated heterocycles. The zero-order valence-corrected chi connectivity index (χ0v) is 15.1. The van der Waals surface area contributed by atoms with Crippen LogP contribution in [0.25, 0.3) is 0 Å². The normalized spacial score (nSPS) is 10.3. The van der Waals surface area contributed by atoms with Gasteiger partial charge in [-0.05, 0) is 41.8 Å². The lowest BCUT2D eigenvalue weighted by Gasteiger charge is -2.08. The highest BCUT2D eigenvalue weighted by Crippen LogP contribution is 2.11. The Bertz CT molecular complexity index is 869. The van der Waals surface area contributed by atoms with Crippen molar-refractivity contribution in [3.8, 4) is 5.75 Å². The summed E-state index contributed by atoms with van der Waals surface area (Å²) in [6, 6.07) is 13.2. The molecule has 0 aliphatic carbocycles. The van der Waals surface area contributed by atoms with Crippen LogP contribution in [0, 0.1) is 0 Å². The number of ether oxygens (including phenoxy) is 1. The second-order valence-electron chi connectivity index (χ2n) is 5.83. The number of anilines is 1. The van der Waals surface area contributed by atoms with Crippen molar-refractivity contribution in [3.63, 3.8) is 0 Å². The second kappa shape index (κ2) is 9.28. The van der Waals surface area contributed by atoms with Gasteiger partial charge in [0.25, 0.3) is 5.91 Å². The van der Waals surface area contributed by atoms with Gasteiger partial charge in [0, 0.05) is 31.7 Å². The van der Waals surface area contributed by atoms with Crippen molar-refractivity contribution < 1.29 is 9.53 Å². The second-order valence-corrected chi connectivity index (χ2v) is 5.83. The van der Waals surface area contributed by atoms with Crippen LogP contribution in [0.15, 0.2) is 61.1 Å². The summed E-state index contributed by atoms with van der Waals surface area (Å²) >= 11 is 0. The third kappa shape index (κ3) is 5.50. The molecule has 0 radical (unpaired) electrons. The molecule has 0 unspecified atom stereocenters. The van der Waals surface area contributed by atoms with E-state index in [4.69, 9.17) is 4.74 Å². The number of nitrogens with one attached hydrogen (secondary N) is 2. The summed E-state index contributed by atoms with van der Waals surface area (Å²) in [5.74, 6) is 1.01. The minimum atomic E-state index is -0.251. The van der Waals surface area contributed by atoms with Gasteiger partial charge in [0.2, 0.25) is 5.95 Å². The molecule has 0 bridgehead atoms. The monoisotopic (exact) mass is 363 g/mol. The van der Waals surface area contributed by atoms with E-state index in [1.54, 1.807) is 31.8 Å². The Balaban J connectivity index is 1.51. The van der Waals surface area contributed by atoms with Crippen LogP contribution in [0.5, 0.6) is 5.75 Å². The fourth-order valence-corrected chi connectivity index (χ4v) is 2.46. The van der Waals surface area contributed by atoms with Crippen molar-refractivity contribution in [1.29, 1.82) is 0 Å². The molecule has 2 N–H and O–H groups in total. The third-order valence-corrected chi connectivity index (χ3v) is 3.92. The van der Waals surface area contributed by atoms with Crippen LogP contribution in [0.2, 0.25) is 0 Å². The van der Waals surface area contributed by atoms with Crippen molar-refractivity contribution in [3.05, 3.63) is 77.9 Å². The van der Waals surface area contributed by atoms with Gasteiger partial charge in [0.05, 0.1) is 7.11 Å². The van der Waals surface area contributed by atoms with Gasteiger partial charge in [-0.25, -0.2) is 9.97 Å². The summed E-state index contributed by atoms with van der Waals surface area (Å²) in [5.41, 5.74) is 2.42. The minimum Gasteiger partial charge on any atom is -0.497 e. The smallest absolute Gasteiger partial charge is 0.270 e. The van der Waals surface area contributed by atoms with E-state index in [1.165, 1.54) is 5.56 Å². The van der Waals surface area contributed by atoms with Gasteiger partial charge in [-0.15, -0.1) is 0 Å². The molecule has 2 aromatic heterocycles. The van der Waals surface area contributed by atoms with E-state index >= 15 is 0 Å². The largest absolute Gasteiger partial charge is 0.497 e. The average molecular weight is 363 g/mol. The fraction of sp³-hybridized carbons (Fsp3) is 0.200. The van der Waals surface area contributed by atoms with E-state index in [-0.39, 0.29) is 5.91 Å². The van der Waals surface area contributed by atoms with Crippen LogP contribution < -0.4 is 15.4 Å². The SMILES string of the molecule is COc1ccc(CCNc2nccc(C(=O)NCc3cccnc3)n2)cc1. The lowest BCUT2D eigenvalue weighted by molar-refractivity contribution is 0.0946. The number of pyridine rings is 1. The molecule has 3 rings (SSSR count). The number of benzene rings is 1. The third-order valence-electron chi connectivity index (χ3n) is 3.92. The highest BCUT2D eigenvalue weighted by Gasteiger charge is 2.08. The summed E-state index contributed by atoms with van der Waals surface area (Å²) in [6.45, 7) is 1.06. The Morgan fingerprint density at radius 1 is 1.07 bits per heavy atom. The summed E-state index contributed by atoms with van der Waals surface area (Å²) in [5, 5.41) is 5.97. The van der Waals surface area contributed by atoms with Gasteiger partial charge in [0.15, 0.2) is 0 Å². The molecule has 3 aromatic rings. The first-order chi connectivity index (χ1) is 13.2. The van der Waals surface area contributed by atoms with Gasteiger partial charge in [-0.3, -0.25) is 9.78 Å². The van der Waals surface area contributed by atoms with Crippen LogP contribution >= 0.6 is 0 Å². The zero-order chi connectivity index (χ0) is 18.9. The molecule has 0 aliphatic heterocycles. The van der Waals surface area contributed by atoms with Crippen molar-refractivity contribution >= 4 is 11.9 Å². The number of nitrogens with zero attached hydrogens (tertiary/aromatic N) is 3. The summed E-state index contributed by atoms with van der Waals surface area (Å²) in [7, 11) is 1.65. The van der Waals surface area contributed by atoms with Gasteiger partial charge in [-0.2, -0.15) is 0 Å². The molecule has 7 nitrogen and oxygen atoms in total. The molecule has 0 spiro atoms. The van der Waals surface area contributed by atoms with E-state index in [0.29, 0.717) is 24.7 Å². The number of hydrogen-bond donors (Lipinski definition) is 2. The van der Waals surface area contributed by atoms with Crippen molar-refractivity contribution in [2.45, 2.75) is 13.0 Å². The highest BCUT2D eigenvalue weighted by molar-refractivity contribution is 5.92. The molecule has 1 amide bonds. The summed E-state index contributed by atoms with van der Waals surface area (Å²) in [6.07, 6.45) is 5.79. The number of aromatic nitrogens is 3. The number of carbonyl (C=O) groups excluding carboxylic acids is 1. The summed E-state index contributed by atoms with van der Waals surface area (Å²) in [4.78, 5) is 24.7. The molecule has 138 valence electrons. The Morgan fingerprint density at radius 3 is 2.67 bits per heavy atom. The van der Waals surface area contributed by atoms with Gasteiger partial charge in [0.1, 0.15) is 11.4 Å². The van der Waals surface area contributed by atoms with Crippen molar-refractivity contribution in [1.82, 2.24) is 20.3 Å². The molecule has 0 saturated carbocycles. The fourth-order valence-electron chi connectivity index (χ4n) is 2.46. The lowest BCUT2D eigenvalue weighted by Crippen LogP contribution is -2.24. The predicted octanol–water partition coefficient (Wildman–Crippen LogP) is 2.46. The van der Waals surface area contributed by atoms with Crippen molar-refractivity contribution in [2.24, 2.45) is 0 Å². The van der Waals surface area contributed by atoms with E-state index in [1.807, 2.05) is 36.4 Å². The number of rotatable bonds is 8. The Hall–Kier alpha value is -3.48. The van der Waals surface area contributed by atoms with Crippen LogP contribution in [0.1, 0.15) is 21.6 Å². The first-order valence-corrected chi connectivity index (χ1v) is 8.61. The van der Waals surface area contributed by atoms with Gasteiger partial charge >= 0.3 is 0 Å². The molecule has 7 heteroatoms.